The summed E-state index contributed by atoms with van der Waals surface area (Å²) in [5.74, 6) is 0.877. The highest BCUT2D eigenvalue weighted by Gasteiger charge is 2.20. The van der Waals surface area contributed by atoms with Gasteiger partial charge in [-0.25, -0.2) is 4.98 Å². The van der Waals surface area contributed by atoms with E-state index in [2.05, 4.69) is 26.3 Å². The molecule has 6 rings (SSSR count). The van der Waals surface area contributed by atoms with Crippen LogP contribution in [0.2, 0.25) is 0 Å². The number of aromatic nitrogens is 3. The summed E-state index contributed by atoms with van der Waals surface area (Å²) < 4.78 is 5.41. The van der Waals surface area contributed by atoms with Gasteiger partial charge in [0.05, 0.1) is 35.3 Å². The van der Waals surface area contributed by atoms with E-state index in [9.17, 15) is 4.79 Å². The van der Waals surface area contributed by atoms with Gasteiger partial charge in [-0.1, -0.05) is 12.1 Å². The van der Waals surface area contributed by atoms with E-state index in [1.54, 1.807) is 0 Å². The molecule has 2 aromatic heterocycles. The molecule has 7 nitrogen and oxygen atoms in total. The molecule has 2 aromatic carbocycles. The van der Waals surface area contributed by atoms with Gasteiger partial charge in [-0.3, -0.25) is 9.69 Å². The van der Waals surface area contributed by atoms with Crippen LogP contribution in [-0.4, -0.2) is 58.6 Å². The molecule has 3 N–H and O–H groups in total. The Bertz CT molecular complexity index is 1300. The van der Waals surface area contributed by atoms with Crippen LogP contribution in [0, 0.1) is 0 Å². The molecule has 0 bridgehead atoms. The molecule has 3 heterocycles. The number of morpholine rings is 1. The lowest BCUT2D eigenvalue weighted by atomic mass is 10.1. The van der Waals surface area contributed by atoms with Gasteiger partial charge in [-0.05, 0) is 49.1 Å². The number of benzene rings is 2. The number of H-pyrrole nitrogens is 2. The molecule has 0 saturated carbocycles. The fraction of sp³-hybridized carbons (Fsp3) is 0.360. The minimum Gasteiger partial charge on any atom is -0.379 e. The van der Waals surface area contributed by atoms with Crippen molar-refractivity contribution >= 4 is 33.5 Å². The molecule has 7 heteroatoms. The van der Waals surface area contributed by atoms with Crippen LogP contribution in [-0.2, 0) is 24.0 Å². The predicted octanol–water partition coefficient (Wildman–Crippen LogP) is 3.66. The first-order chi connectivity index (χ1) is 15.7. The number of imidazole rings is 1. The summed E-state index contributed by atoms with van der Waals surface area (Å²) in [5, 5.41) is 4.25. The molecule has 0 radical (unpaired) electrons. The molecule has 164 valence electrons. The van der Waals surface area contributed by atoms with Gasteiger partial charge in [0.1, 0.15) is 5.82 Å². The molecule has 1 aliphatic carbocycles. The maximum atomic E-state index is 13.1. The van der Waals surface area contributed by atoms with Crippen molar-refractivity contribution in [2.45, 2.75) is 25.7 Å². The van der Waals surface area contributed by atoms with E-state index in [0.717, 1.165) is 80.2 Å². The van der Waals surface area contributed by atoms with Crippen LogP contribution < -0.4 is 5.32 Å². The first kappa shape index (κ1) is 19.5. The van der Waals surface area contributed by atoms with E-state index in [1.165, 1.54) is 23.1 Å². The number of rotatable bonds is 5. The summed E-state index contributed by atoms with van der Waals surface area (Å²) in [4.78, 5) is 27.1. The Labute approximate surface area is 186 Å². The third-order valence-corrected chi connectivity index (χ3v) is 6.69. The molecule has 0 atom stereocenters. The van der Waals surface area contributed by atoms with E-state index >= 15 is 0 Å². The molecule has 0 unspecified atom stereocenters. The average molecular weight is 430 g/mol. The number of nitrogens with zero attached hydrogens (tertiary/aromatic N) is 2. The zero-order chi connectivity index (χ0) is 21.5. The number of nitrogens with one attached hydrogen (secondary N) is 3. The normalized spacial score (nSPS) is 16.6. The molecule has 1 amide bonds. The minimum absolute atomic E-state index is 0.0954. The average Bonchev–Trinajstić information content (AvgIpc) is 3.52. The predicted molar refractivity (Wildman–Crippen MR) is 125 cm³/mol. The standard InChI is InChI=1S/C25H27N5O2/c31-25(19-5-1-4-18-17-3-2-6-20(17)29-24(18)19)26-16-7-8-21-22(15-16)28-23(27-21)9-10-30-11-13-32-14-12-30/h1,4-5,7-8,15,29H,2-3,6,9-14H2,(H,26,31)(H,27,28). The van der Waals surface area contributed by atoms with Crippen LogP contribution in [0.5, 0.6) is 0 Å². The van der Waals surface area contributed by atoms with E-state index in [4.69, 9.17) is 9.72 Å². The second-order valence-electron chi connectivity index (χ2n) is 8.74. The molecular formula is C25H27N5O2. The first-order valence-electron chi connectivity index (χ1n) is 11.5. The van der Waals surface area contributed by atoms with Gasteiger partial charge >= 0.3 is 0 Å². The Morgan fingerprint density at radius 2 is 2.03 bits per heavy atom. The van der Waals surface area contributed by atoms with Crippen molar-refractivity contribution < 1.29 is 9.53 Å². The maximum Gasteiger partial charge on any atom is 0.257 e. The van der Waals surface area contributed by atoms with Gasteiger partial charge < -0.3 is 20.0 Å². The van der Waals surface area contributed by atoms with Crippen LogP contribution in [0.1, 0.15) is 33.9 Å². The number of hydrogen-bond donors (Lipinski definition) is 3. The Morgan fingerprint density at radius 1 is 1.12 bits per heavy atom. The lowest BCUT2D eigenvalue weighted by molar-refractivity contribution is 0.0382. The second-order valence-corrected chi connectivity index (χ2v) is 8.74. The van der Waals surface area contributed by atoms with Crippen LogP contribution in [0.4, 0.5) is 5.69 Å². The highest BCUT2D eigenvalue weighted by atomic mass is 16.5. The van der Waals surface area contributed by atoms with Crippen molar-refractivity contribution in [1.82, 2.24) is 19.9 Å². The number of fused-ring (bicyclic) bond motifs is 4. The van der Waals surface area contributed by atoms with Crippen molar-refractivity contribution in [2.24, 2.45) is 0 Å². The summed E-state index contributed by atoms with van der Waals surface area (Å²) in [6.45, 7) is 4.54. The number of carbonyl (C=O) groups excluding carboxylic acids is 1. The Kier molecular flexibility index (Phi) is 4.92. The van der Waals surface area contributed by atoms with Crippen LogP contribution >= 0.6 is 0 Å². The highest BCUT2D eigenvalue weighted by molar-refractivity contribution is 6.13. The summed E-state index contributed by atoms with van der Waals surface area (Å²) in [6.07, 6.45) is 4.21. The molecule has 0 spiro atoms. The molecule has 1 aliphatic heterocycles. The zero-order valence-electron chi connectivity index (χ0n) is 18.0. The summed E-state index contributed by atoms with van der Waals surface area (Å²) in [5.41, 5.74) is 6.92. The largest absolute Gasteiger partial charge is 0.379 e. The van der Waals surface area contributed by atoms with Crippen LogP contribution in [0.3, 0.4) is 0 Å². The van der Waals surface area contributed by atoms with Crippen LogP contribution in [0.15, 0.2) is 36.4 Å². The first-order valence-corrected chi connectivity index (χ1v) is 11.5. The van der Waals surface area contributed by atoms with E-state index in [-0.39, 0.29) is 5.91 Å². The minimum atomic E-state index is -0.0954. The maximum absolute atomic E-state index is 13.1. The number of amides is 1. The second kappa shape index (κ2) is 8.07. The monoisotopic (exact) mass is 429 g/mol. The van der Waals surface area contributed by atoms with Crippen LogP contribution in [0.25, 0.3) is 21.9 Å². The van der Waals surface area contributed by atoms with Crippen molar-refractivity contribution in [3.05, 3.63) is 59.0 Å². The van der Waals surface area contributed by atoms with Crippen molar-refractivity contribution in [2.75, 3.05) is 38.2 Å². The van der Waals surface area contributed by atoms with Gasteiger partial charge in [-0.15, -0.1) is 0 Å². The fourth-order valence-electron chi connectivity index (χ4n) is 5.00. The van der Waals surface area contributed by atoms with Gasteiger partial charge in [0.15, 0.2) is 0 Å². The Hall–Kier alpha value is -3.16. The number of aryl methyl sites for hydroxylation is 2. The van der Waals surface area contributed by atoms with Gasteiger partial charge in [0.25, 0.3) is 5.91 Å². The molecule has 1 saturated heterocycles. The number of anilines is 1. The number of aromatic amines is 2. The summed E-state index contributed by atoms with van der Waals surface area (Å²) >= 11 is 0. The van der Waals surface area contributed by atoms with Crippen molar-refractivity contribution in [3.8, 4) is 0 Å². The summed E-state index contributed by atoms with van der Waals surface area (Å²) in [6, 6.07) is 11.8. The van der Waals surface area contributed by atoms with E-state index < -0.39 is 0 Å². The highest BCUT2D eigenvalue weighted by Crippen LogP contribution is 2.32. The SMILES string of the molecule is O=C(Nc1ccc2nc(CCN3CCOCC3)[nH]c2c1)c1cccc2c3c([nH]c12)CCC3. The number of hydrogen-bond acceptors (Lipinski definition) is 4. The molecule has 32 heavy (non-hydrogen) atoms. The number of ether oxygens (including phenoxy) is 1. The topological polar surface area (TPSA) is 86.0 Å². The van der Waals surface area contributed by atoms with Gasteiger partial charge in [0, 0.05) is 42.8 Å². The number of para-hydroxylation sites is 1. The van der Waals surface area contributed by atoms with E-state index in [0.29, 0.717) is 5.56 Å². The Balaban J connectivity index is 1.19. The van der Waals surface area contributed by atoms with Gasteiger partial charge in [-0.2, -0.15) is 0 Å². The quantitative estimate of drug-likeness (QED) is 0.452. The smallest absolute Gasteiger partial charge is 0.257 e. The van der Waals surface area contributed by atoms with E-state index in [1.807, 2.05) is 30.3 Å². The fourth-order valence-corrected chi connectivity index (χ4v) is 5.00. The molecular weight excluding hydrogens is 402 g/mol. The zero-order valence-corrected chi connectivity index (χ0v) is 18.0. The van der Waals surface area contributed by atoms with Crippen molar-refractivity contribution in [3.63, 3.8) is 0 Å². The number of carbonyl (C=O) groups is 1. The third-order valence-electron chi connectivity index (χ3n) is 6.69. The lowest BCUT2D eigenvalue weighted by Gasteiger charge is -2.25. The Morgan fingerprint density at radius 3 is 2.94 bits per heavy atom. The lowest BCUT2D eigenvalue weighted by Crippen LogP contribution is -2.37. The molecule has 4 aromatic rings. The summed E-state index contributed by atoms with van der Waals surface area (Å²) in [7, 11) is 0. The van der Waals surface area contributed by atoms with Crippen molar-refractivity contribution in [1.29, 1.82) is 0 Å². The molecule has 2 aliphatic rings. The third kappa shape index (κ3) is 3.57. The van der Waals surface area contributed by atoms with Gasteiger partial charge in [0.2, 0.25) is 0 Å². The molecule has 1 fully saturated rings.